The molecule has 0 amide bonds. The number of aryl methyl sites for hydroxylation is 2. The van der Waals surface area contributed by atoms with Crippen molar-refractivity contribution in [2.75, 3.05) is 18.0 Å². The van der Waals surface area contributed by atoms with Gasteiger partial charge in [-0.05, 0) is 79.1 Å². The average molecular weight is 638 g/mol. The predicted octanol–water partition coefficient (Wildman–Crippen LogP) is 5.14. The molecule has 1 aromatic carbocycles. The largest absolute Gasteiger partial charge is 0.481 e. The summed E-state index contributed by atoms with van der Waals surface area (Å²) in [7, 11) is -1.58. The van der Waals surface area contributed by atoms with Gasteiger partial charge in [0, 0.05) is 37.8 Å². The lowest BCUT2D eigenvalue weighted by molar-refractivity contribution is -0.145. The first-order valence-corrected chi connectivity index (χ1v) is 15.6. The van der Waals surface area contributed by atoms with E-state index in [9.17, 15) is 32.5 Å². The zero-order chi connectivity index (χ0) is 32.0. The molecule has 14 heteroatoms. The third-order valence-corrected chi connectivity index (χ3v) is 10.1. The molecule has 4 aromatic rings. The van der Waals surface area contributed by atoms with E-state index < -0.39 is 34.9 Å². The Bertz CT molecular complexity index is 1870. The summed E-state index contributed by atoms with van der Waals surface area (Å²) < 4.78 is 57.2. The Labute approximate surface area is 259 Å². The molecule has 10 nitrogen and oxygen atoms in total. The molecule has 1 N–H and O–H groups in total. The molecule has 0 saturated carbocycles. The zero-order valence-corrected chi connectivity index (χ0v) is 25.4. The Morgan fingerprint density at radius 1 is 1.18 bits per heavy atom. The standard InChI is InChI=1S/C31H30F3N7O3S/c1-18-6-7-20(25(14-27(42)43)24-10-12-41-28(19(24)2)37-38-30(41)31(32,33)34)13-21(18)16-39-17-23-5-3-4-11-40(23)29-26(45(39)44)9-8-22(15-35)36-29/h6-10,12-13,23,25H,3-5,11,14,16-17H2,1-2H3,(H,42,43)/t23-,25-,45?/m0/s1. The van der Waals surface area contributed by atoms with E-state index in [2.05, 4.69) is 26.2 Å². The summed E-state index contributed by atoms with van der Waals surface area (Å²) in [5, 5.41) is 26.4. The highest BCUT2D eigenvalue weighted by Crippen LogP contribution is 2.37. The van der Waals surface area contributed by atoms with Crippen LogP contribution in [-0.4, -0.2) is 58.3 Å². The highest BCUT2D eigenvalue weighted by atomic mass is 32.2. The molecule has 1 fully saturated rings. The maximum absolute atomic E-state index is 14.0. The Hall–Kier alpha value is -4.35. The number of carboxylic acids is 1. The quantitative estimate of drug-likeness (QED) is 0.308. The summed E-state index contributed by atoms with van der Waals surface area (Å²) in [5.74, 6) is -2.32. The van der Waals surface area contributed by atoms with Crippen molar-refractivity contribution < 1.29 is 27.3 Å². The predicted molar refractivity (Wildman–Crippen MR) is 159 cm³/mol. The third kappa shape index (κ3) is 5.78. The smallest absolute Gasteiger partial charge is 0.452 e. The number of anilines is 1. The van der Waals surface area contributed by atoms with Crippen molar-refractivity contribution in [1.82, 2.24) is 23.9 Å². The molecule has 1 unspecified atom stereocenters. The second-order valence-electron chi connectivity index (χ2n) is 11.5. The van der Waals surface area contributed by atoms with Gasteiger partial charge in [0.05, 0.1) is 11.3 Å². The molecular formula is C31H30F3N7O3S. The van der Waals surface area contributed by atoms with Gasteiger partial charge < -0.3 is 10.0 Å². The Morgan fingerprint density at radius 3 is 2.71 bits per heavy atom. The fourth-order valence-electron chi connectivity index (χ4n) is 6.39. The Balaban J connectivity index is 1.38. The molecule has 2 aliphatic rings. The number of piperidine rings is 1. The number of carbonyl (C=O) groups is 1. The van der Waals surface area contributed by atoms with Crippen molar-refractivity contribution in [2.24, 2.45) is 0 Å². The second kappa shape index (κ2) is 11.9. The van der Waals surface area contributed by atoms with E-state index in [0.29, 0.717) is 40.5 Å². The molecule has 3 aromatic heterocycles. The van der Waals surface area contributed by atoms with Crippen molar-refractivity contribution in [3.8, 4) is 6.07 Å². The van der Waals surface area contributed by atoms with Gasteiger partial charge in [0.1, 0.15) is 28.6 Å². The lowest BCUT2D eigenvalue weighted by Gasteiger charge is -2.36. The number of alkyl halides is 3. The van der Waals surface area contributed by atoms with E-state index in [1.165, 1.54) is 12.3 Å². The summed E-state index contributed by atoms with van der Waals surface area (Å²) in [6.45, 7) is 5.13. The summed E-state index contributed by atoms with van der Waals surface area (Å²) in [6, 6.07) is 12.5. The first-order valence-electron chi connectivity index (χ1n) is 14.5. The minimum Gasteiger partial charge on any atom is -0.481 e. The molecule has 234 valence electrons. The van der Waals surface area contributed by atoms with Crippen LogP contribution in [0.5, 0.6) is 0 Å². The van der Waals surface area contributed by atoms with Crippen molar-refractivity contribution in [1.29, 1.82) is 5.26 Å². The van der Waals surface area contributed by atoms with Crippen LogP contribution in [0.25, 0.3) is 5.65 Å². The number of benzene rings is 1. The van der Waals surface area contributed by atoms with Crippen molar-refractivity contribution in [2.45, 2.75) is 69.1 Å². The fraction of sp³-hybridized carbons (Fsp3) is 0.387. The van der Waals surface area contributed by atoms with Gasteiger partial charge in [-0.25, -0.2) is 13.5 Å². The van der Waals surface area contributed by atoms with Gasteiger partial charge in [-0.1, -0.05) is 18.2 Å². The van der Waals surface area contributed by atoms with Gasteiger partial charge in [-0.2, -0.15) is 18.4 Å². The Morgan fingerprint density at radius 2 is 1.98 bits per heavy atom. The fourth-order valence-corrected chi connectivity index (χ4v) is 7.74. The van der Waals surface area contributed by atoms with E-state index in [1.54, 1.807) is 19.1 Å². The first kappa shape index (κ1) is 30.7. The molecule has 2 aliphatic heterocycles. The molecule has 3 atom stereocenters. The van der Waals surface area contributed by atoms with Gasteiger partial charge in [0.15, 0.2) is 5.65 Å². The zero-order valence-electron chi connectivity index (χ0n) is 24.6. The number of fused-ring (bicyclic) bond motifs is 4. The van der Waals surface area contributed by atoms with Crippen molar-refractivity contribution >= 4 is 28.4 Å². The molecule has 0 bridgehead atoms. The number of nitrogens with zero attached hydrogens (tertiary/aromatic N) is 7. The highest BCUT2D eigenvalue weighted by molar-refractivity contribution is 7.82. The lowest BCUT2D eigenvalue weighted by Crippen LogP contribution is -2.45. The third-order valence-electron chi connectivity index (χ3n) is 8.69. The average Bonchev–Trinajstić information content (AvgIpc) is 3.42. The van der Waals surface area contributed by atoms with Gasteiger partial charge in [-0.3, -0.25) is 9.20 Å². The van der Waals surface area contributed by atoms with Gasteiger partial charge in [0.25, 0.3) is 0 Å². The molecule has 0 radical (unpaired) electrons. The summed E-state index contributed by atoms with van der Waals surface area (Å²) in [5.41, 5.74) is 3.65. The maximum atomic E-state index is 14.0. The molecule has 6 rings (SSSR count). The SMILES string of the molecule is Cc1ccc([C@H](CC(=O)O)c2ccn3c(C(F)(F)F)nnc3c2C)cc1CN1C[C@@H]2CCCCN2c2nc(C#N)ccc2S1=O. The number of carboxylic acid groups (broad SMARTS) is 1. The van der Waals surface area contributed by atoms with Crippen LogP contribution in [0.15, 0.2) is 47.5 Å². The van der Waals surface area contributed by atoms with Gasteiger partial charge >= 0.3 is 12.1 Å². The van der Waals surface area contributed by atoms with Crippen LogP contribution in [0.2, 0.25) is 0 Å². The molecule has 45 heavy (non-hydrogen) atoms. The number of halogens is 3. The number of rotatable bonds is 6. The minimum atomic E-state index is -4.70. The summed E-state index contributed by atoms with van der Waals surface area (Å²) in [6.07, 6.45) is -0.871. The number of aliphatic carboxylic acids is 1. The summed E-state index contributed by atoms with van der Waals surface area (Å²) in [4.78, 5) is 19.3. The lowest BCUT2D eigenvalue weighted by atomic mass is 9.85. The van der Waals surface area contributed by atoms with Crippen LogP contribution in [0.3, 0.4) is 0 Å². The molecule has 0 aliphatic carbocycles. The molecular weight excluding hydrogens is 607 g/mol. The van der Waals surface area contributed by atoms with E-state index in [1.807, 2.05) is 29.4 Å². The van der Waals surface area contributed by atoms with Crippen LogP contribution in [-0.2, 0) is 28.5 Å². The second-order valence-corrected chi connectivity index (χ2v) is 12.9. The number of hydrogen-bond acceptors (Lipinski definition) is 7. The van der Waals surface area contributed by atoms with Crippen molar-refractivity contribution in [3.05, 3.63) is 81.9 Å². The normalized spacial score (nSPS) is 19.4. The monoisotopic (exact) mass is 637 g/mol. The van der Waals surface area contributed by atoms with Gasteiger partial charge in [0.2, 0.25) is 5.82 Å². The van der Waals surface area contributed by atoms with Crippen molar-refractivity contribution in [3.63, 3.8) is 0 Å². The molecule has 5 heterocycles. The number of hydrogen-bond donors (Lipinski definition) is 1. The molecule has 0 spiro atoms. The highest BCUT2D eigenvalue weighted by Gasteiger charge is 2.38. The van der Waals surface area contributed by atoms with E-state index in [-0.39, 0.29) is 23.8 Å². The number of nitriles is 1. The van der Waals surface area contributed by atoms with Crippen LogP contribution >= 0.6 is 0 Å². The van der Waals surface area contributed by atoms with Gasteiger partial charge in [-0.15, -0.1) is 10.2 Å². The number of aromatic nitrogens is 4. The topological polar surface area (TPSA) is 128 Å². The number of pyridine rings is 2. The first-order chi connectivity index (χ1) is 21.5. The maximum Gasteiger partial charge on any atom is 0.452 e. The van der Waals surface area contributed by atoms with E-state index in [4.69, 9.17) is 0 Å². The van der Waals surface area contributed by atoms with Crippen LogP contribution in [0, 0.1) is 25.2 Å². The van der Waals surface area contributed by atoms with E-state index in [0.717, 1.165) is 41.3 Å². The van der Waals surface area contributed by atoms with Crippen LogP contribution < -0.4 is 4.90 Å². The van der Waals surface area contributed by atoms with E-state index >= 15 is 0 Å². The minimum absolute atomic E-state index is 0.00591. The van der Waals surface area contributed by atoms with Crippen LogP contribution in [0.4, 0.5) is 19.0 Å². The van der Waals surface area contributed by atoms with Crippen LogP contribution in [0.1, 0.15) is 70.9 Å². The molecule has 1 saturated heterocycles. The summed E-state index contributed by atoms with van der Waals surface area (Å²) >= 11 is 0. The Kier molecular flexibility index (Phi) is 8.09.